The minimum absolute atomic E-state index is 0.0313. The summed E-state index contributed by atoms with van der Waals surface area (Å²) < 4.78 is 11.6. The Morgan fingerprint density at radius 2 is 1.94 bits per heavy atom. The third-order valence-corrected chi connectivity index (χ3v) is 8.85. The third-order valence-electron chi connectivity index (χ3n) is 8.85. The predicted molar refractivity (Wildman–Crippen MR) is 127 cm³/mol. The highest BCUT2D eigenvalue weighted by Crippen LogP contribution is 2.64. The lowest BCUT2D eigenvalue weighted by Crippen LogP contribution is -2.46. The van der Waals surface area contributed by atoms with Crippen molar-refractivity contribution in [2.24, 2.45) is 23.0 Å². The number of ketones is 1. The van der Waals surface area contributed by atoms with Crippen LogP contribution in [-0.4, -0.2) is 38.1 Å². The van der Waals surface area contributed by atoms with Crippen molar-refractivity contribution in [2.45, 2.75) is 63.9 Å². The van der Waals surface area contributed by atoms with Gasteiger partial charge in [-0.3, -0.25) is 9.59 Å². The van der Waals surface area contributed by atoms with Crippen LogP contribution in [0.2, 0.25) is 0 Å². The fourth-order valence-corrected chi connectivity index (χ4v) is 7.46. The number of ether oxygens (including phenoxy) is 2. The number of methoxy groups -OCH3 is 1. The third kappa shape index (κ3) is 3.79. The number of rotatable bonds is 6. The fraction of sp³-hybridized carbons (Fsp3) is 0.571. The molecule has 0 bridgehead atoms. The molecule has 4 aliphatic rings. The molecule has 0 aliphatic heterocycles. The summed E-state index contributed by atoms with van der Waals surface area (Å²) in [6.07, 6.45) is 8.70. The van der Waals surface area contributed by atoms with Crippen LogP contribution < -0.4 is 5.73 Å². The highest BCUT2D eigenvalue weighted by molar-refractivity contribution is 5.95. The van der Waals surface area contributed by atoms with Gasteiger partial charge in [-0.1, -0.05) is 30.7 Å². The van der Waals surface area contributed by atoms with E-state index in [4.69, 9.17) is 15.2 Å². The topological polar surface area (TPSA) is 78.6 Å². The molecule has 1 aromatic carbocycles. The van der Waals surface area contributed by atoms with Gasteiger partial charge in [-0.25, -0.2) is 0 Å². The quantitative estimate of drug-likeness (QED) is 0.638. The highest BCUT2D eigenvalue weighted by Gasteiger charge is 2.57. The van der Waals surface area contributed by atoms with E-state index in [9.17, 15) is 9.59 Å². The van der Waals surface area contributed by atoms with E-state index < -0.39 is 0 Å². The first-order valence-corrected chi connectivity index (χ1v) is 12.4. The lowest BCUT2D eigenvalue weighted by molar-refractivity contribution is -0.114. The zero-order valence-electron chi connectivity index (χ0n) is 19.8. The van der Waals surface area contributed by atoms with Crippen LogP contribution in [0.3, 0.4) is 0 Å². The summed E-state index contributed by atoms with van der Waals surface area (Å²) in [5, 5.41) is 0. The minimum Gasteiger partial charge on any atom is -0.382 e. The van der Waals surface area contributed by atoms with Crippen molar-refractivity contribution >= 4 is 11.7 Å². The maximum atomic E-state index is 12.4. The summed E-state index contributed by atoms with van der Waals surface area (Å²) in [6.45, 7) is 3.62. The van der Waals surface area contributed by atoms with Crippen molar-refractivity contribution in [2.75, 3.05) is 20.3 Å². The first-order chi connectivity index (χ1) is 15.9. The van der Waals surface area contributed by atoms with Crippen molar-refractivity contribution in [1.82, 2.24) is 0 Å². The van der Waals surface area contributed by atoms with Gasteiger partial charge in [0.1, 0.15) is 0 Å². The maximum absolute atomic E-state index is 12.4. The molecule has 5 nitrogen and oxygen atoms in total. The number of carbonyl (C=O) groups excluding carboxylic acids is 2. The van der Waals surface area contributed by atoms with Crippen LogP contribution >= 0.6 is 0 Å². The molecule has 5 heteroatoms. The van der Waals surface area contributed by atoms with Gasteiger partial charge in [0.05, 0.1) is 19.3 Å². The Bertz CT molecular complexity index is 1020. The largest absolute Gasteiger partial charge is 0.382 e. The van der Waals surface area contributed by atoms with Gasteiger partial charge in [0.25, 0.3) is 0 Å². The molecule has 33 heavy (non-hydrogen) atoms. The summed E-state index contributed by atoms with van der Waals surface area (Å²) in [6, 6.07) is 7.85. The Morgan fingerprint density at radius 1 is 1.12 bits per heavy atom. The van der Waals surface area contributed by atoms with E-state index in [-0.39, 0.29) is 29.1 Å². The van der Waals surface area contributed by atoms with Gasteiger partial charge >= 0.3 is 0 Å². The number of allylic oxidation sites excluding steroid dienone is 4. The normalized spacial score (nSPS) is 33.3. The summed E-state index contributed by atoms with van der Waals surface area (Å²) in [5.41, 5.74) is 11.6. The van der Waals surface area contributed by atoms with Crippen LogP contribution in [-0.2, 0) is 14.3 Å². The van der Waals surface area contributed by atoms with Gasteiger partial charge in [0.2, 0.25) is 5.91 Å². The molecule has 2 N–H and O–H groups in total. The zero-order valence-corrected chi connectivity index (χ0v) is 19.8. The molecule has 176 valence electrons. The van der Waals surface area contributed by atoms with Crippen LogP contribution in [0.25, 0.3) is 0 Å². The molecule has 0 unspecified atom stereocenters. The van der Waals surface area contributed by atoms with Crippen LogP contribution in [0.5, 0.6) is 0 Å². The molecule has 2 fully saturated rings. The molecule has 0 heterocycles. The Labute approximate surface area is 196 Å². The number of benzene rings is 1. The van der Waals surface area contributed by atoms with Gasteiger partial charge in [-0.15, -0.1) is 0 Å². The van der Waals surface area contributed by atoms with Gasteiger partial charge in [-0.05, 0) is 84.6 Å². The first-order valence-electron chi connectivity index (χ1n) is 12.4. The maximum Gasteiger partial charge on any atom is 0.248 e. The molecule has 5 atom stereocenters. The molecular formula is C28H35NO4. The van der Waals surface area contributed by atoms with Crippen molar-refractivity contribution < 1.29 is 19.1 Å². The SMILES string of the molecule is COCCO[C@@H]1CC[C@H]2[C@@H]3CCC4=CC(=O)CCC4=C3[C@@H](c3ccccc3C(N)=O)C[C@]12C. The van der Waals surface area contributed by atoms with E-state index >= 15 is 0 Å². The van der Waals surface area contributed by atoms with Gasteiger partial charge < -0.3 is 15.2 Å². The van der Waals surface area contributed by atoms with Gasteiger partial charge in [-0.2, -0.15) is 0 Å². The zero-order chi connectivity index (χ0) is 23.2. The van der Waals surface area contributed by atoms with E-state index in [1.54, 1.807) is 7.11 Å². The minimum atomic E-state index is -0.371. The average molecular weight is 450 g/mol. The van der Waals surface area contributed by atoms with Crippen molar-refractivity contribution in [1.29, 1.82) is 0 Å². The molecular weight excluding hydrogens is 414 g/mol. The van der Waals surface area contributed by atoms with Gasteiger partial charge in [0.15, 0.2) is 5.78 Å². The summed E-state index contributed by atoms with van der Waals surface area (Å²) in [5.74, 6) is 1.02. The number of carbonyl (C=O) groups is 2. The number of hydrogen-bond acceptors (Lipinski definition) is 4. The Hall–Kier alpha value is -2.24. The second-order valence-electron chi connectivity index (χ2n) is 10.5. The summed E-state index contributed by atoms with van der Waals surface area (Å²) >= 11 is 0. The first kappa shape index (κ1) is 22.5. The highest BCUT2D eigenvalue weighted by atomic mass is 16.5. The number of fused-ring (bicyclic) bond motifs is 4. The number of amides is 1. The van der Waals surface area contributed by atoms with Crippen LogP contribution in [0.1, 0.15) is 73.7 Å². The van der Waals surface area contributed by atoms with E-state index in [1.165, 1.54) is 16.7 Å². The average Bonchev–Trinajstić information content (AvgIpc) is 3.14. The molecule has 0 aromatic heterocycles. The van der Waals surface area contributed by atoms with E-state index in [2.05, 4.69) is 13.0 Å². The molecule has 4 aliphatic carbocycles. The Balaban J connectivity index is 1.63. The van der Waals surface area contributed by atoms with Crippen LogP contribution in [0.15, 0.2) is 47.1 Å². The predicted octanol–water partition coefficient (Wildman–Crippen LogP) is 4.72. The van der Waals surface area contributed by atoms with E-state index in [1.807, 2.05) is 24.3 Å². The van der Waals surface area contributed by atoms with E-state index in [0.717, 1.165) is 44.1 Å². The molecule has 0 radical (unpaired) electrons. The van der Waals surface area contributed by atoms with Crippen molar-refractivity contribution in [3.63, 3.8) is 0 Å². The Morgan fingerprint density at radius 3 is 2.73 bits per heavy atom. The fourth-order valence-electron chi connectivity index (χ4n) is 7.46. The van der Waals surface area contributed by atoms with E-state index in [0.29, 0.717) is 37.0 Å². The lowest BCUT2D eigenvalue weighted by atomic mass is 9.53. The molecule has 2 saturated carbocycles. The monoisotopic (exact) mass is 449 g/mol. The molecule has 5 rings (SSSR count). The smallest absolute Gasteiger partial charge is 0.248 e. The second-order valence-corrected chi connectivity index (χ2v) is 10.5. The second kappa shape index (κ2) is 8.84. The number of primary amides is 1. The van der Waals surface area contributed by atoms with Crippen molar-refractivity contribution in [3.05, 3.63) is 58.2 Å². The summed E-state index contributed by atoms with van der Waals surface area (Å²) in [7, 11) is 1.71. The molecule has 0 saturated heterocycles. The van der Waals surface area contributed by atoms with Crippen molar-refractivity contribution in [3.8, 4) is 0 Å². The van der Waals surface area contributed by atoms with Crippen LogP contribution in [0, 0.1) is 17.3 Å². The molecule has 1 aromatic rings. The number of nitrogens with two attached hydrogens (primary N) is 1. The molecule has 1 amide bonds. The summed E-state index contributed by atoms with van der Waals surface area (Å²) in [4.78, 5) is 24.6. The van der Waals surface area contributed by atoms with Crippen LogP contribution in [0.4, 0.5) is 0 Å². The Kier molecular flexibility index (Phi) is 6.04. The molecule has 0 spiro atoms. The standard InChI is InChI=1S/C28H35NO4/c1-28-16-23(20-5-3-4-6-21(20)27(29)31)26-19-10-8-18(30)15-17(19)7-9-22(26)24(28)11-12-25(28)33-14-13-32-2/h3-6,15,22-25H,7-14,16H2,1-2H3,(H2,29,31)/t22-,23+,24-,25+,28-/m0/s1. The number of hydrogen-bond donors (Lipinski definition) is 1. The lowest BCUT2D eigenvalue weighted by Gasteiger charge is -2.52. The van der Waals surface area contributed by atoms with Gasteiger partial charge in [0, 0.05) is 25.0 Å².